The summed E-state index contributed by atoms with van der Waals surface area (Å²) in [6.45, 7) is 3.56. The first-order chi connectivity index (χ1) is 13.7. The molecular formula is C24H27N3O. The normalized spacial score (nSPS) is 13.3. The highest BCUT2D eigenvalue weighted by Gasteiger charge is 2.33. The molecule has 4 rings (SSSR count). The molecule has 4 nitrogen and oxygen atoms in total. The van der Waals surface area contributed by atoms with Crippen molar-refractivity contribution in [3.05, 3.63) is 89.7 Å². The lowest BCUT2D eigenvalue weighted by molar-refractivity contribution is 0.204. The highest BCUT2D eigenvalue weighted by atomic mass is 16.2. The fourth-order valence-corrected chi connectivity index (χ4v) is 3.59. The van der Waals surface area contributed by atoms with Crippen molar-refractivity contribution in [2.75, 3.05) is 5.32 Å². The molecule has 0 radical (unpaired) electrons. The van der Waals surface area contributed by atoms with Crippen molar-refractivity contribution in [3.63, 3.8) is 0 Å². The van der Waals surface area contributed by atoms with Crippen molar-refractivity contribution in [2.45, 2.75) is 45.3 Å². The van der Waals surface area contributed by atoms with E-state index in [1.165, 1.54) is 11.1 Å². The Balaban J connectivity index is 1.49. The van der Waals surface area contributed by atoms with Crippen LogP contribution in [0.5, 0.6) is 0 Å². The molecule has 0 aliphatic heterocycles. The zero-order valence-electron chi connectivity index (χ0n) is 16.3. The second kappa shape index (κ2) is 8.34. The van der Waals surface area contributed by atoms with E-state index in [0.29, 0.717) is 12.6 Å². The molecule has 0 atom stereocenters. The number of rotatable bonds is 7. The fraction of sp³-hybridized carbons (Fsp3) is 0.292. The van der Waals surface area contributed by atoms with E-state index in [1.54, 1.807) is 0 Å². The molecule has 1 aliphatic rings. The van der Waals surface area contributed by atoms with E-state index >= 15 is 0 Å². The third kappa shape index (κ3) is 4.28. The van der Waals surface area contributed by atoms with Gasteiger partial charge < -0.3 is 14.8 Å². The molecule has 1 N–H and O–H groups in total. The monoisotopic (exact) mass is 373 g/mol. The number of benzene rings is 2. The third-order valence-corrected chi connectivity index (χ3v) is 5.34. The number of anilines is 1. The smallest absolute Gasteiger partial charge is 0.322 e. The Morgan fingerprint density at radius 2 is 1.79 bits per heavy atom. The van der Waals surface area contributed by atoms with Gasteiger partial charge >= 0.3 is 6.03 Å². The van der Waals surface area contributed by atoms with E-state index < -0.39 is 0 Å². The van der Waals surface area contributed by atoms with Crippen molar-refractivity contribution < 1.29 is 4.79 Å². The van der Waals surface area contributed by atoms with Gasteiger partial charge in [-0.1, -0.05) is 55.5 Å². The molecule has 4 heteroatoms. The molecule has 0 unspecified atom stereocenters. The summed E-state index contributed by atoms with van der Waals surface area (Å²) in [5.41, 5.74) is 4.51. The lowest BCUT2D eigenvalue weighted by atomic mass is 10.1. The van der Waals surface area contributed by atoms with Gasteiger partial charge in [0.15, 0.2) is 0 Å². The van der Waals surface area contributed by atoms with Crippen LogP contribution >= 0.6 is 0 Å². The molecule has 1 fully saturated rings. The number of urea groups is 1. The van der Waals surface area contributed by atoms with Gasteiger partial charge in [-0.2, -0.15) is 0 Å². The van der Waals surface area contributed by atoms with Gasteiger partial charge in [0.05, 0.1) is 6.54 Å². The van der Waals surface area contributed by atoms with Crippen molar-refractivity contribution in [3.8, 4) is 0 Å². The number of nitrogens with one attached hydrogen (secondary N) is 1. The summed E-state index contributed by atoms with van der Waals surface area (Å²) in [5.74, 6) is 0. The third-order valence-electron chi connectivity index (χ3n) is 5.34. The van der Waals surface area contributed by atoms with E-state index in [-0.39, 0.29) is 6.03 Å². The number of hydrogen-bond donors (Lipinski definition) is 1. The molecule has 3 aromatic rings. The van der Waals surface area contributed by atoms with Crippen LogP contribution < -0.4 is 5.32 Å². The summed E-state index contributed by atoms with van der Waals surface area (Å²) in [5, 5.41) is 3.14. The Morgan fingerprint density at radius 1 is 1.04 bits per heavy atom. The quantitative estimate of drug-likeness (QED) is 0.600. The first-order valence-corrected chi connectivity index (χ1v) is 10.1. The van der Waals surface area contributed by atoms with Crippen LogP contribution in [-0.2, 0) is 19.5 Å². The van der Waals surface area contributed by atoms with E-state index in [1.807, 2.05) is 29.2 Å². The second-order valence-corrected chi connectivity index (χ2v) is 7.41. The minimum absolute atomic E-state index is 0.00383. The Bertz CT molecular complexity index is 928. The molecule has 1 aliphatic carbocycles. The molecule has 1 saturated carbocycles. The van der Waals surface area contributed by atoms with Crippen LogP contribution in [0.2, 0.25) is 0 Å². The van der Waals surface area contributed by atoms with Gasteiger partial charge in [-0.25, -0.2) is 4.79 Å². The van der Waals surface area contributed by atoms with Crippen LogP contribution in [0.4, 0.5) is 10.5 Å². The number of nitrogens with zero attached hydrogens (tertiary/aromatic N) is 2. The van der Waals surface area contributed by atoms with Crippen LogP contribution in [0, 0.1) is 0 Å². The molecule has 0 spiro atoms. The summed E-state index contributed by atoms with van der Waals surface area (Å²) in [7, 11) is 0. The van der Waals surface area contributed by atoms with Gasteiger partial charge in [0.1, 0.15) is 0 Å². The van der Waals surface area contributed by atoms with Crippen molar-refractivity contribution in [1.82, 2.24) is 9.47 Å². The summed E-state index contributed by atoms with van der Waals surface area (Å²) in [4.78, 5) is 15.1. The summed E-state index contributed by atoms with van der Waals surface area (Å²) in [6, 6.07) is 23.0. The first kappa shape index (κ1) is 18.4. The molecule has 1 aromatic heterocycles. The Kier molecular flexibility index (Phi) is 5.47. The Morgan fingerprint density at radius 3 is 2.54 bits per heavy atom. The van der Waals surface area contributed by atoms with E-state index in [9.17, 15) is 4.79 Å². The van der Waals surface area contributed by atoms with E-state index in [4.69, 9.17) is 0 Å². The molecule has 28 heavy (non-hydrogen) atoms. The minimum Gasteiger partial charge on any atom is -0.345 e. The number of amides is 2. The van der Waals surface area contributed by atoms with E-state index in [2.05, 4.69) is 65.5 Å². The lowest BCUT2D eigenvalue weighted by Gasteiger charge is -2.24. The lowest BCUT2D eigenvalue weighted by Crippen LogP contribution is -2.37. The maximum Gasteiger partial charge on any atom is 0.322 e. The van der Waals surface area contributed by atoms with Crippen molar-refractivity contribution >= 4 is 11.7 Å². The van der Waals surface area contributed by atoms with Gasteiger partial charge in [0, 0.05) is 30.2 Å². The molecule has 2 aromatic carbocycles. The van der Waals surface area contributed by atoms with Crippen LogP contribution in [0.15, 0.2) is 72.9 Å². The highest BCUT2D eigenvalue weighted by Crippen LogP contribution is 2.29. The van der Waals surface area contributed by atoms with Crippen LogP contribution in [0.1, 0.15) is 36.6 Å². The average Bonchev–Trinajstić information content (AvgIpc) is 3.47. The summed E-state index contributed by atoms with van der Waals surface area (Å²) < 4.78 is 2.23. The summed E-state index contributed by atoms with van der Waals surface area (Å²) in [6.07, 6.45) is 5.17. The molecule has 2 amide bonds. The predicted octanol–water partition coefficient (Wildman–Crippen LogP) is 5.30. The number of hydrogen-bond acceptors (Lipinski definition) is 1. The Labute approximate surface area is 166 Å². The zero-order chi connectivity index (χ0) is 19.3. The van der Waals surface area contributed by atoms with Crippen molar-refractivity contribution in [1.29, 1.82) is 0 Å². The maximum atomic E-state index is 13.1. The van der Waals surface area contributed by atoms with Crippen LogP contribution in [0.25, 0.3) is 0 Å². The standard InChI is InChI=1S/C24H27N3O/c1-2-20-11-6-7-13-23(20)25-24(28)27(21-14-15-21)18-22-12-8-16-26(22)17-19-9-4-3-5-10-19/h3-13,16,21H,2,14-15,17-18H2,1H3,(H,25,28). The number of aryl methyl sites for hydroxylation is 1. The Hall–Kier alpha value is -3.01. The van der Waals surface area contributed by atoms with Gasteiger partial charge in [0.25, 0.3) is 0 Å². The summed E-state index contributed by atoms with van der Waals surface area (Å²) >= 11 is 0. The molecule has 144 valence electrons. The van der Waals surface area contributed by atoms with Crippen LogP contribution in [-0.4, -0.2) is 21.5 Å². The maximum absolute atomic E-state index is 13.1. The number of carbonyl (C=O) groups is 1. The molecular weight excluding hydrogens is 346 g/mol. The molecule has 1 heterocycles. The fourth-order valence-electron chi connectivity index (χ4n) is 3.59. The zero-order valence-corrected chi connectivity index (χ0v) is 16.3. The second-order valence-electron chi connectivity index (χ2n) is 7.41. The molecule has 0 bridgehead atoms. The van der Waals surface area contributed by atoms with E-state index in [0.717, 1.165) is 37.2 Å². The van der Waals surface area contributed by atoms with Gasteiger partial charge in [-0.3, -0.25) is 0 Å². The SMILES string of the molecule is CCc1ccccc1NC(=O)N(Cc1cccn1Cc1ccccc1)C1CC1. The van der Waals surface area contributed by atoms with Gasteiger partial charge in [0.2, 0.25) is 0 Å². The number of aromatic nitrogens is 1. The average molecular weight is 374 g/mol. The number of para-hydroxylation sites is 1. The largest absolute Gasteiger partial charge is 0.345 e. The minimum atomic E-state index is -0.00383. The van der Waals surface area contributed by atoms with Gasteiger partial charge in [-0.05, 0) is 48.6 Å². The highest BCUT2D eigenvalue weighted by molar-refractivity contribution is 5.90. The van der Waals surface area contributed by atoms with Crippen molar-refractivity contribution in [2.24, 2.45) is 0 Å². The molecule has 0 saturated heterocycles. The van der Waals surface area contributed by atoms with Gasteiger partial charge in [-0.15, -0.1) is 0 Å². The number of carbonyl (C=O) groups excluding carboxylic acids is 1. The van der Waals surface area contributed by atoms with Crippen LogP contribution in [0.3, 0.4) is 0 Å². The first-order valence-electron chi connectivity index (χ1n) is 10.1. The topological polar surface area (TPSA) is 37.3 Å². The predicted molar refractivity (Wildman–Crippen MR) is 113 cm³/mol.